The van der Waals surface area contributed by atoms with E-state index in [1.807, 2.05) is 19.9 Å². The summed E-state index contributed by atoms with van der Waals surface area (Å²) in [6.07, 6.45) is 1.42. The van der Waals surface area contributed by atoms with Crippen LogP contribution in [0.2, 0.25) is 0 Å². The molecule has 96 valence electrons. The van der Waals surface area contributed by atoms with Crippen LogP contribution in [0.3, 0.4) is 0 Å². The van der Waals surface area contributed by atoms with Crippen molar-refractivity contribution < 1.29 is 9.90 Å². The summed E-state index contributed by atoms with van der Waals surface area (Å²) in [5.74, 6) is -0.137. The normalized spacial score (nSPS) is 11.7. The second-order valence-corrected chi connectivity index (χ2v) is 4.38. The molecule has 0 heterocycles. The number of nitrogens with one attached hydrogen (secondary N) is 1. The Kier molecular flexibility index (Phi) is 5.34. The van der Waals surface area contributed by atoms with Gasteiger partial charge in [0.2, 0.25) is 0 Å². The number of aryl methyl sites for hydroxylation is 1. The van der Waals surface area contributed by atoms with Gasteiger partial charge < -0.3 is 10.4 Å². The summed E-state index contributed by atoms with van der Waals surface area (Å²) < 4.78 is 0. The van der Waals surface area contributed by atoms with Gasteiger partial charge in [-0.25, -0.2) is 0 Å². The monoisotopic (exact) mass is 246 g/mol. The largest absolute Gasteiger partial charge is 0.396 e. The molecule has 2 N–H and O–H groups in total. The first-order valence-corrected chi connectivity index (χ1v) is 6.01. The predicted octanol–water partition coefficient (Wildman–Crippen LogP) is 1.76. The maximum Gasteiger partial charge on any atom is 0.251 e. The van der Waals surface area contributed by atoms with E-state index < -0.39 is 0 Å². The van der Waals surface area contributed by atoms with Crippen LogP contribution < -0.4 is 5.32 Å². The van der Waals surface area contributed by atoms with E-state index in [1.165, 1.54) is 0 Å². The van der Waals surface area contributed by atoms with E-state index in [0.717, 1.165) is 12.0 Å². The lowest BCUT2D eigenvalue weighted by atomic mass is 10.0. The molecular formula is C14H18N2O2. The Morgan fingerprint density at radius 2 is 2.28 bits per heavy atom. The van der Waals surface area contributed by atoms with E-state index in [2.05, 4.69) is 5.32 Å². The Morgan fingerprint density at radius 1 is 1.56 bits per heavy atom. The van der Waals surface area contributed by atoms with Gasteiger partial charge in [0.1, 0.15) is 0 Å². The standard InChI is InChI=1S/C14H18N2O2/c1-10-8-12(9-15)5-6-13(10)14(18)16-11(2)4-3-7-17/h5-6,8,11,17H,3-4,7H2,1-2H3,(H,16,18). The highest BCUT2D eigenvalue weighted by Gasteiger charge is 2.12. The number of carbonyl (C=O) groups excluding carboxylic acids is 1. The molecule has 0 aliphatic rings. The van der Waals surface area contributed by atoms with Crippen LogP contribution in [0.15, 0.2) is 18.2 Å². The molecule has 0 aromatic heterocycles. The first kappa shape index (κ1) is 14.2. The second-order valence-electron chi connectivity index (χ2n) is 4.38. The van der Waals surface area contributed by atoms with Gasteiger partial charge in [-0.05, 0) is 50.5 Å². The number of aliphatic hydroxyl groups excluding tert-OH is 1. The Labute approximate surface area is 107 Å². The zero-order valence-electron chi connectivity index (χ0n) is 10.7. The van der Waals surface area contributed by atoms with Gasteiger partial charge in [0.05, 0.1) is 11.6 Å². The SMILES string of the molecule is Cc1cc(C#N)ccc1C(=O)NC(C)CCCO. The minimum atomic E-state index is -0.137. The van der Waals surface area contributed by atoms with Gasteiger partial charge >= 0.3 is 0 Å². The van der Waals surface area contributed by atoms with E-state index in [9.17, 15) is 4.79 Å². The molecule has 0 spiro atoms. The van der Waals surface area contributed by atoms with Gasteiger partial charge in [0, 0.05) is 18.2 Å². The third kappa shape index (κ3) is 3.86. The highest BCUT2D eigenvalue weighted by atomic mass is 16.2. The minimum absolute atomic E-state index is 0.0275. The van der Waals surface area contributed by atoms with Crippen LogP contribution >= 0.6 is 0 Å². The zero-order chi connectivity index (χ0) is 13.5. The smallest absolute Gasteiger partial charge is 0.251 e. The molecule has 0 radical (unpaired) electrons. The summed E-state index contributed by atoms with van der Waals surface area (Å²) in [6, 6.07) is 7.08. The summed E-state index contributed by atoms with van der Waals surface area (Å²) in [6.45, 7) is 3.86. The molecule has 4 nitrogen and oxygen atoms in total. The van der Waals surface area contributed by atoms with E-state index in [4.69, 9.17) is 10.4 Å². The van der Waals surface area contributed by atoms with E-state index in [1.54, 1.807) is 18.2 Å². The lowest BCUT2D eigenvalue weighted by molar-refractivity contribution is 0.0936. The maximum absolute atomic E-state index is 12.0. The van der Waals surface area contributed by atoms with Crippen LogP contribution in [0, 0.1) is 18.3 Å². The molecule has 0 aliphatic carbocycles. The van der Waals surface area contributed by atoms with Gasteiger partial charge in [-0.1, -0.05) is 0 Å². The zero-order valence-corrected chi connectivity index (χ0v) is 10.7. The van der Waals surface area contributed by atoms with Crippen LogP contribution in [-0.2, 0) is 0 Å². The molecule has 1 amide bonds. The molecule has 0 saturated heterocycles. The number of hydrogen-bond acceptors (Lipinski definition) is 3. The van der Waals surface area contributed by atoms with Crippen molar-refractivity contribution in [1.82, 2.24) is 5.32 Å². The topological polar surface area (TPSA) is 73.1 Å². The minimum Gasteiger partial charge on any atom is -0.396 e. The van der Waals surface area contributed by atoms with Crippen molar-refractivity contribution in [3.8, 4) is 6.07 Å². The molecule has 1 unspecified atom stereocenters. The molecule has 18 heavy (non-hydrogen) atoms. The van der Waals surface area contributed by atoms with E-state index >= 15 is 0 Å². The number of benzene rings is 1. The number of nitriles is 1. The van der Waals surface area contributed by atoms with Crippen molar-refractivity contribution in [2.24, 2.45) is 0 Å². The molecule has 0 saturated carbocycles. The fraction of sp³-hybridized carbons (Fsp3) is 0.429. The van der Waals surface area contributed by atoms with Gasteiger partial charge in [-0.3, -0.25) is 4.79 Å². The lowest BCUT2D eigenvalue weighted by Crippen LogP contribution is -2.33. The van der Waals surface area contributed by atoms with Gasteiger partial charge in [0.15, 0.2) is 0 Å². The van der Waals surface area contributed by atoms with Crippen LogP contribution in [-0.4, -0.2) is 23.7 Å². The van der Waals surface area contributed by atoms with Crippen LogP contribution in [0.1, 0.15) is 41.3 Å². The van der Waals surface area contributed by atoms with Crippen molar-refractivity contribution in [1.29, 1.82) is 5.26 Å². The first-order valence-electron chi connectivity index (χ1n) is 6.01. The highest BCUT2D eigenvalue weighted by Crippen LogP contribution is 2.11. The van der Waals surface area contributed by atoms with Crippen molar-refractivity contribution in [3.63, 3.8) is 0 Å². The molecule has 1 aromatic rings. The number of hydrogen-bond donors (Lipinski definition) is 2. The van der Waals surface area contributed by atoms with E-state index in [0.29, 0.717) is 17.5 Å². The Hall–Kier alpha value is -1.86. The average molecular weight is 246 g/mol. The van der Waals surface area contributed by atoms with E-state index in [-0.39, 0.29) is 18.6 Å². The Morgan fingerprint density at radius 3 is 2.83 bits per heavy atom. The molecule has 0 fully saturated rings. The summed E-state index contributed by atoms with van der Waals surface area (Å²) in [4.78, 5) is 12.0. The molecule has 1 atom stereocenters. The van der Waals surface area contributed by atoms with Gasteiger partial charge in [-0.15, -0.1) is 0 Å². The number of rotatable bonds is 5. The summed E-state index contributed by atoms with van der Waals surface area (Å²) in [7, 11) is 0. The first-order chi connectivity index (χ1) is 8.58. The van der Waals surface area contributed by atoms with Crippen molar-refractivity contribution in [2.75, 3.05) is 6.61 Å². The Bertz CT molecular complexity index is 463. The van der Waals surface area contributed by atoms with Gasteiger partial charge in [0.25, 0.3) is 5.91 Å². The van der Waals surface area contributed by atoms with Crippen LogP contribution in [0.4, 0.5) is 0 Å². The molecule has 1 aromatic carbocycles. The second kappa shape index (κ2) is 6.77. The maximum atomic E-state index is 12.0. The number of nitrogens with zero attached hydrogens (tertiary/aromatic N) is 1. The Balaban J connectivity index is 2.70. The molecule has 0 aliphatic heterocycles. The van der Waals surface area contributed by atoms with Gasteiger partial charge in [-0.2, -0.15) is 5.26 Å². The molecular weight excluding hydrogens is 228 g/mol. The molecule has 4 heteroatoms. The van der Waals surface area contributed by atoms with Crippen LogP contribution in [0.5, 0.6) is 0 Å². The fourth-order valence-corrected chi connectivity index (χ4v) is 1.76. The van der Waals surface area contributed by atoms with Crippen molar-refractivity contribution in [2.45, 2.75) is 32.7 Å². The third-order valence-corrected chi connectivity index (χ3v) is 2.77. The van der Waals surface area contributed by atoms with Crippen molar-refractivity contribution in [3.05, 3.63) is 34.9 Å². The average Bonchev–Trinajstić information content (AvgIpc) is 2.35. The molecule has 1 rings (SSSR count). The number of aliphatic hydroxyl groups is 1. The highest BCUT2D eigenvalue weighted by molar-refractivity contribution is 5.95. The predicted molar refractivity (Wildman–Crippen MR) is 69.1 cm³/mol. The number of amides is 1. The lowest BCUT2D eigenvalue weighted by Gasteiger charge is -2.14. The fourth-order valence-electron chi connectivity index (χ4n) is 1.76. The molecule has 0 bridgehead atoms. The summed E-state index contributed by atoms with van der Waals surface area (Å²) >= 11 is 0. The summed E-state index contributed by atoms with van der Waals surface area (Å²) in [5.41, 5.74) is 1.93. The van der Waals surface area contributed by atoms with Crippen LogP contribution in [0.25, 0.3) is 0 Å². The quantitative estimate of drug-likeness (QED) is 0.831. The third-order valence-electron chi connectivity index (χ3n) is 2.77. The summed E-state index contributed by atoms with van der Waals surface area (Å²) in [5, 5.41) is 20.4. The van der Waals surface area contributed by atoms with Crippen molar-refractivity contribution >= 4 is 5.91 Å². The number of carbonyl (C=O) groups is 1.